The summed E-state index contributed by atoms with van der Waals surface area (Å²) in [4.78, 5) is 0. The Morgan fingerprint density at radius 1 is 1.21 bits per heavy atom. The van der Waals surface area contributed by atoms with Gasteiger partial charge in [-0.3, -0.25) is 4.57 Å². The van der Waals surface area contributed by atoms with E-state index in [2.05, 4.69) is 32.3 Å². The average molecular weight is 217 g/mol. The van der Waals surface area contributed by atoms with E-state index in [1.54, 1.807) is 14.2 Å². The summed E-state index contributed by atoms with van der Waals surface area (Å²) in [6.45, 7) is 10.0. The monoisotopic (exact) mass is 217 g/mol. The SMILES string of the molecule is CO[Si]1(OC)C(C)CCN1C(C)(C)C. The molecule has 0 aromatic carbocycles. The van der Waals surface area contributed by atoms with E-state index in [9.17, 15) is 0 Å². The number of nitrogens with zero attached hydrogens (tertiary/aromatic N) is 1. The van der Waals surface area contributed by atoms with Crippen LogP contribution in [0.15, 0.2) is 0 Å². The Hall–Kier alpha value is 0.0969. The van der Waals surface area contributed by atoms with Gasteiger partial charge in [0.25, 0.3) is 0 Å². The van der Waals surface area contributed by atoms with Gasteiger partial charge >= 0.3 is 8.72 Å². The van der Waals surface area contributed by atoms with E-state index in [1.165, 1.54) is 6.42 Å². The summed E-state index contributed by atoms with van der Waals surface area (Å²) in [7, 11) is 1.46. The molecule has 14 heavy (non-hydrogen) atoms. The maximum Gasteiger partial charge on any atom is 0.430 e. The molecule has 1 aliphatic heterocycles. The van der Waals surface area contributed by atoms with Crippen LogP contribution in [-0.4, -0.2) is 39.6 Å². The molecule has 0 amide bonds. The minimum Gasteiger partial charge on any atom is -0.386 e. The second-order valence-electron chi connectivity index (χ2n) is 5.05. The molecule has 1 rings (SSSR count). The van der Waals surface area contributed by atoms with E-state index in [0.29, 0.717) is 5.54 Å². The lowest BCUT2D eigenvalue weighted by Gasteiger charge is -2.42. The predicted molar refractivity (Wildman–Crippen MR) is 60.3 cm³/mol. The lowest BCUT2D eigenvalue weighted by molar-refractivity contribution is 0.126. The topological polar surface area (TPSA) is 21.7 Å². The van der Waals surface area contributed by atoms with Gasteiger partial charge in [0.15, 0.2) is 0 Å². The summed E-state index contributed by atoms with van der Waals surface area (Å²) < 4.78 is 13.9. The summed E-state index contributed by atoms with van der Waals surface area (Å²) in [5.74, 6) is 0. The van der Waals surface area contributed by atoms with Crippen molar-refractivity contribution in [2.45, 2.75) is 45.2 Å². The maximum atomic E-state index is 5.74. The third kappa shape index (κ3) is 1.76. The second kappa shape index (κ2) is 3.93. The molecule has 1 aliphatic rings. The van der Waals surface area contributed by atoms with E-state index in [-0.39, 0.29) is 5.54 Å². The van der Waals surface area contributed by atoms with Gasteiger partial charge < -0.3 is 8.85 Å². The van der Waals surface area contributed by atoms with Crippen LogP contribution < -0.4 is 0 Å². The molecule has 1 heterocycles. The fourth-order valence-electron chi connectivity index (χ4n) is 2.44. The van der Waals surface area contributed by atoms with Gasteiger partial charge in [0, 0.05) is 25.3 Å². The van der Waals surface area contributed by atoms with Gasteiger partial charge in [-0.15, -0.1) is 0 Å². The molecule has 0 aliphatic carbocycles. The molecule has 1 fully saturated rings. The highest BCUT2D eigenvalue weighted by Crippen LogP contribution is 2.40. The first-order chi connectivity index (χ1) is 6.38. The summed E-state index contributed by atoms with van der Waals surface area (Å²) in [5.41, 5.74) is 0.694. The van der Waals surface area contributed by atoms with Crippen LogP contribution in [0.25, 0.3) is 0 Å². The van der Waals surface area contributed by atoms with E-state index in [1.807, 2.05) is 0 Å². The Morgan fingerprint density at radius 2 is 1.71 bits per heavy atom. The molecule has 0 radical (unpaired) electrons. The number of hydrogen-bond acceptors (Lipinski definition) is 3. The average Bonchev–Trinajstić information content (AvgIpc) is 2.42. The highest BCUT2D eigenvalue weighted by Gasteiger charge is 2.56. The van der Waals surface area contributed by atoms with Gasteiger partial charge in [-0.1, -0.05) is 6.92 Å². The minimum absolute atomic E-state index is 0.142. The van der Waals surface area contributed by atoms with Crippen LogP contribution in [0, 0.1) is 0 Å². The highest BCUT2D eigenvalue weighted by molar-refractivity contribution is 6.66. The first-order valence-electron chi connectivity index (χ1n) is 5.26. The first kappa shape index (κ1) is 12.2. The van der Waals surface area contributed by atoms with Crippen molar-refractivity contribution in [3.05, 3.63) is 0 Å². The van der Waals surface area contributed by atoms with Crippen molar-refractivity contribution in [3.63, 3.8) is 0 Å². The molecule has 0 aromatic heterocycles. The van der Waals surface area contributed by atoms with Crippen molar-refractivity contribution in [2.24, 2.45) is 0 Å². The Kier molecular flexibility index (Phi) is 3.41. The van der Waals surface area contributed by atoms with Crippen LogP contribution in [0.3, 0.4) is 0 Å². The Morgan fingerprint density at radius 3 is 2.00 bits per heavy atom. The third-order valence-corrected chi connectivity index (χ3v) is 7.53. The van der Waals surface area contributed by atoms with Gasteiger partial charge in [0.1, 0.15) is 0 Å². The lowest BCUT2D eigenvalue weighted by atomic mass is 10.1. The van der Waals surface area contributed by atoms with Gasteiger partial charge in [-0.05, 0) is 33.7 Å². The number of rotatable bonds is 2. The molecule has 0 spiro atoms. The Balaban J connectivity index is 2.97. The molecule has 0 saturated carbocycles. The van der Waals surface area contributed by atoms with Crippen LogP contribution in [0.5, 0.6) is 0 Å². The van der Waals surface area contributed by atoms with Gasteiger partial charge in [0.05, 0.1) is 0 Å². The predicted octanol–water partition coefficient (Wildman–Crippen LogP) is 2.11. The first-order valence-corrected chi connectivity index (χ1v) is 7.10. The molecule has 1 saturated heterocycles. The molecule has 1 unspecified atom stereocenters. The molecule has 3 nitrogen and oxygen atoms in total. The zero-order valence-electron chi connectivity index (χ0n) is 10.3. The van der Waals surface area contributed by atoms with Crippen molar-refractivity contribution in [3.8, 4) is 0 Å². The summed E-state index contributed by atoms with van der Waals surface area (Å²) in [5, 5.41) is 0. The van der Waals surface area contributed by atoms with Gasteiger partial charge in [-0.25, -0.2) is 0 Å². The van der Waals surface area contributed by atoms with Crippen LogP contribution in [0.4, 0.5) is 0 Å². The van der Waals surface area contributed by atoms with Crippen LogP contribution >= 0.6 is 0 Å². The lowest BCUT2D eigenvalue weighted by Crippen LogP contribution is -2.61. The number of hydrogen-bond donors (Lipinski definition) is 0. The van der Waals surface area contributed by atoms with E-state index < -0.39 is 8.72 Å². The van der Waals surface area contributed by atoms with Crippen molar-refractivity contribution in [1.29, 1.82) is 0 Å². The summed E-state index contributed by atoms with van der Waals surface area (Å²) in [6.07, 6.45) is 1.19. The van der Waals surface area contributed by atoms with Crippen LogP contribution in [0.2, 0.25) is 5.54 Å². The quantitative estimate of drug-likeness (QED) is 0.661. The van der Waals surface area contributed by atoms with Crippen LogP contribution in [-0.2, 0) is 8.85 Å². The summed E-state index contributed by atoms with van der Waals surface area (Å²) in [6, 6.07) is 0. The molecule has 84 valence electrons. The molecule has 1 atom stereocenters. The zero-order chi connectivity index (χ0) is 11.0. The molecule has 0 aromatic rings. The fourth-order valence-corrected chi connectivity index (χ4v) is 6.25. The zero-order valence-corrected chi connectivity index (χ0v) is 11.3. The molecule has 4 heteroatoms. The van der Waals surface area contributed by atoms with Gasteiger partial charge in [0.2, 0.25) is 0 Å². The Labute approximate surface area is 88.7 Å². The van der Waals surface area contributed by atoms with Crippen molar-refractivity contribution < 1.29 is 8.85 Å². The smallest absolute Gasteiger partial charge is 0.386 e. The second-order valence-corrected chi connectivity index (χ2v) is 8.65. The molecule has 0 N–H and O–H groups in total. The molecular formula is C10H23NO2Si. The van der Waals surface area contributed by atoms with Crippen molar-refractivity contribution in [1.82, 2.24) is 4.57 Å². The molecular weight excluding hydrogens is 194 g/mol. The highest BCUT2D eigenvalue weighted by atomic mass is 28.4. The van der Waals surface area contributed by atoms with Crippen molar-refractivity contribution >= 4 is 8.72 Å². The van der Waals surface area contributed by atoms with E-state index in [0.717, 1.165) is 6.54 Å². The van der Waals surface area contributed by atoms with Crippen molar-refractivity contribution in [2.75, 3.05) is 20.8 Å². The van der Waals surface area contributed by atoms with Gasteiger partial charge in [-0.2, -0.15) is 0 Å². The van der Waals surface area contributed by atoms with Crippen LogP contribution in [0.1, 0.15) is 34.1 Å². The van der Waals surface area contributed by atoms with E-state index in [4.69, 9.17) is 8.85 Å². The standard InChI is InChI=1S/C10H23NO2Si/c1-9-7-8-11(10(2,3)4)14(9,12-5)13-6/h9H,7-8H2,1-6H3. The minimum atomic E-state index is -2.12. The van der Waals surface area contributed by atoms with E-state index >= 15 is 0 Å². The maximum absolute atomic E-state index is 5.74. The largest absolute Gasteiger partial charge is 0.430 e. The normalized spacial score (nSPS) is 28.3. The third-order valence-electron chi connectivity index (χ3n) is 3.18. The summed E-state index contributed by atoms with van der Waals surface area (Å²) >= 11 is 0. The molecule has 0 bridgehead atoms. The fraction of sp³-hybridized carbons (Fsp3) is 1.00. The Bertz CT molecular complexity index is 199.